The number of nitrogens with zero attached hydrogens (tertiary/aromatic N) is 2. The van der Waals surface area contributed by atoms with Gasteiger partial charge in [-0.2, -0.15) is 0 Å². The summed E-state index contributed by atoms with van der Waals surface area (Å²) in [7, 11) is 0. The lowest BCUT2D eigenvalue weighted by molar-refractivity contribution is 0.153. The Morgan fingerprint density at radius 2 is 2.26 bits per heavy atom. The van der Waals surface area contributed by atoms with Crippen molar-refractivity contribution in [1.82, 2.24) is 4.90 Å². The normalized spacial score (nSPS) is 26.7. The highest BCUT2D eigenvalue weighted by atomic mass is 15.4. The lowest BCUT2D eigenvalue weighted by atomic mass is 9.88. The van der Waals surface area contributed by atoms with Crippen LogP contribution in [0.3, 0.4) is 0 Å². The fourth-order valence-electron chi connectivity index (χ4n) is 3.65. The van der Waals surface area contributed by atoms with Crippen molar-refractivity contribution in [1.29, 1.82) is 0 Å². The number of aryl methyl sites for hydroxylation is 2. The van der Waals surface area contributed by atoms with E-state index in [0.717, 1.165) is 31.8 Å². The van der Waals surface area contributed by atoms with Gasteiger partial charge in [0.15, 0.2) is 5.96 Å². The van der Waals surface area contributed by atoms with Crippen LogP contribution < -0.4 is 5.73 Å². The predicted octanol–water partition coefficient (Wildman–Crippen LogP) is 2.57. The third-order valence-electron chi connectivity index (χ3n) is 4.82. The second-order valence-corrected chi connectivity index (χ2v) is 5.99. The molecular formula is C16H23N3. The molecule has 1 aromatic carbocycles. The molecule has 19 heavy (non-hydrogen) atoms. The second-order valence-electron chi connectivity index (χ2n) is 5.99. The van der Waals surface area contributed by atoms with E-state index in [-0.39, 0.29) is 5.54 Å². The Kier molecular flexibility index (Phi) is 2.80. The number of aliphatic imine (C=N–C) groups is 1. The number of fused-ring (bicyclic) bond motifs is 2. The predicted molar refractivity (Wildman–Crippen MR) is 79.3 cm³/mol. The van der Waals surface area contributed by atoms with Crippen molar-refractivity contribution in [3.8, 4) is 0 Å². The largest absolute Gasteiger partial charge is 0.370 e. The molecule has 3 nitrogen and oxygen atoms in total. The van der Waals surface area contributed by atoms with E-state index in [2.05, 4.69) is 48.9 Å². The standard InChI is InChI=1S/C16H23N3/c1-4-12(3)19-15(17)18-10-16(19)8-7-13-6-5-11(2)9-14(13)16/h5-6,9,12H,4,7-8,10H2,1-3H3,(H2,17,18). The summed E-state index contributed by atoms with van der Waals surface area (Å²) in [5, 5.41) is 0. The first-order chi connectivity index (χ1) is 9.08. The summed E-state index contributed by atoms with van der Waals surface area (Å²) in [5.41, 5.74) is 10.5. The minimum atomic E-state index is 0.0286. The zero-order valence-corrected chi connectivity index (χ0v) is 12.1. The van der Waals surface area contributed by atoms with Crippen molar-refractivity contribution in [2.24, 2.45) is 10.7 Å². The maximum absolute atomic E-state index is 6.18. The van der Waals surface area contributed by atoms with Gasteiger partial charge in [0.25, 0.3) is 0 Å². The summed E-state index contributed by atoms with van der Waals surface area (Å²) in [6, 6.07) is 7.27. The zero-order valence-electron chi connectivity index (χ0n) is 12.1. The maximum atomic E-state index is 6.18. The van der Waals surface area contributed by atoms with Gasteiger partial charge in [-0.1, -0.05) is 30.7 Å². The van der Waals surface area contributed by atoms with Crippen LogP contribution >= 0.6 is 0 Å². The molecule has 1 aliphatic heterocycles. The van der Waals surface area contributed by atoms with E-state index in [1.165, 1.54) is 16.7 Å². The van der Waals surface area contributed by atoms with Crippen molar-refractivity contribution in [3.63, 3.8) is 0 Å². The van der Waals surface area contributed by atoms with Gasteiger partial charge in [-0.25, -0.2) is 0 Å². The van der Waals surface area contributed by atoms with Crippen LogP contribution in [0, 0.1) is 6.92 Å². The maximum Gasteiger partial charge on any atom is 0.192 e. The molecule has 1 spiro atoms. The number of benzene rings is 1. The van der Waals surface area contributed by atoms with Gasteiger partial charge in [0, 0.05) is 6.04 Å². The smallest absolute Gasteiger partial charge is 0.192 e. The second kappa shape index (κ2) is 4.26. The van der Waals surface area contributed by atoms with E-state index in [9.17, 15) is 0 Å². The molecule has 2 N–H and O–H groups in total. The molecule has 2 aliphatic rings. The van der Waals surface area contributed by atoms with Crippen LogP contribution in [-0.2, 0) is 12.0 Å². The van der Waals surface area contributed by atoms with E-state index in [1.807, 2.05) is 0 Å². The van der Waals surface area contributed by atoms with Gasteiger partial charge in [0.1, 0.15) is 0 Å². The van der Waals surface area contributed by atoms with Crippen molar-refractivity contribution in [2.45, 2.75) is 51.6 Å². The number of hydrogen-bond donors (Lipinski definition) is 1. The minimum Gasteiger partial charge on any atom is -0.370 e. The third-order valence-corrected chi connectivity index (χ3v) is 4.82. The molecule has 3 heteroatoms. The van der Waals surface area contributed by atoms with E-state index >= 15 is 0 Å². The third kappa shape index (κ3) is 1.67. The average molecular weight is 257 g/mol. The van der Waals surface area contributed by atoms with E-state index in [1.54, 1.807) is 0 Å². The summed E-state index contributed by atoms with van der Waals surface area (Å²) in [5.74, 6) is 0.726. The number of nitrogens with two attached hydrogens (primary N) is 1. The molecule has 0 fully saturated rings. The molecule has 0 aromatic heterocycles. The first-order valence-electron chi connectivity index (χ1n) is 7.28. The molecule has 0 amide bonds. The molecule has 0 saturated carbocycles. The highest BCUT2D eigenvalue weighted by Crippen LogP contribution is 2.45. The zero-order chi connectivity index (χ0) is 13.6. The van der Waals surface area contributed by atoms with Gasteiger partial charge in [-0.3, -0.25) is 4.99 Å². The topological polar surface area (TPSA) is 41.6 Å². The molecule has 2 atom stereocenters. The van der Waals surface area contributed by atoms with Crippen LogP contribution in [-0.4, -0.2) is 23.4 Å². The van der Waals surface area contributed by atoms with Gasteiger partial charge in [0.2, 0.25) is 0 Å². The van der Waals surface area contributed by atoms with Crippen molar-refractivity contribution >= 4 is 5.96 Å². The summed E-state index contributed by atoms with van der Waals surface area (Å²) in [6.45, 7) is 7.46. The molecule has 3 rings (SSSR count). The lowest BCUT2D eigenvalue weighted by Gasteiger charge is -2.41. The molecule has 102 valence electrons. The summed E-state index contributed by atoms with van der Waals surface area (Å²) in [4.78, 5) is 6.94. The molecule has 1 heterocycles. The Bertz CT molecular complexity index is 535. The first kappa shape index (κ1) is 12.5. The van der Waals surface area contributed by atoms with Gasteiger partial charge in [-0.05, 0) is 44.2 Å². The summed E-state index contributed by atoms with van der Waals surface area (Å²) < 4.78 is 0. The highest BCUT2D eigenvalue weighted by molar-refractivity contribution is 5.82. The van der Waals surface area contributed by atoms with Crippen molar-refractivity contribution in [3.05, 3.63) is 34.9 Å². The Morgan fingerprint density at radius 3 is 3.00 bits per heavy atom. The van der Waals surface area contributed by atoms with Crippen molar-refractivity contribution < 1.29 is 0 Å². The molecule has 0 bridgehead atoms. The quantitative estimate of drug-likeness (QED) is 0.884. The van der Waals surface area contributed by atoms with Crippen LogP contribution in [0.5, 0.6) is 0 Å². The van der Waals surface area contributed by atoms with Gasteiger partial charge in [0.05, 0.1) is 12.1 Å². The van der Waals surface area contributed by atoms with E-state index in [0.29, 0.717) is 6.04 Å². The Morgan fingerprint density at radius 1 is 1.47 bits per heavy atom. The number of rotatable bonds is 2. The summed E-state index contributed by atoms with van der Waals surface area (Å²) >= 11 is 0. The van der Waals surface area contributed by atoms with Crippen LogP contribution in [0.15, 0.2) is 23.2 Å². The van der Waals surface area contributed by atoms with Crippen LogP contribution in [0.4, 0.5) is 0 Å². The molecule has 0 saturated heterocycles. The van der Waals surface area contributed by atoms with Gasteiger partial charge < -0.3 is 10.6 Å². The SMILES string of the molecule is CCC(C)N1C(N)=NCC12CCc1ccc(C)cc12. The monoisotopic (exact) mass is 257 g/mol. The van der Waals surface area contributed by atoms with Gasteiger partial charge >= 0.3 is 0 Å². The Balaban J connectivity index is 2.09. The fourth-order valence-corrected chi connectivity index (χ4v) is 3.65. The first-order valence-corrected chi connectivity index (χ1v) is 7.28. The molecule has 0 radical (unpaired) electrons. The average Bonchev–Trinajstić information content (AvgIpc) is 2.92. The van der Waals surface area contributed by atoms with E-state index in [4.69, 9.17) is 5.73 Å². The molecular weight excluding hydrogens is 234 g/mol. The fraction of sp³-hybridized carbons (Fsp3) is 0.562. The number of hydrogen-bond acceptors (Lipinski definition) is 3. The van der Waals surface area contributed by atoms with E-state index < -0.39 is 0 Å². The van der Waals surface area contributed by atoms with Crippen molar-refractivity contribution in [2.75, 3.05) is 6.54 Å². The van der Waals surface area contributed by atoms with Gasteiger partial charge in [-0.15, -0.1) is 0 Å². The Hall–Kier alpha value is -1.51. The van der Waals surface area contributed by atoms with Crippen LogP contribution in [0.1, 0.15) is 43.4 Å². The lowest BCUT2D eigenvalue weighted by Crippen LogP contribution is -2.52. The summed E-state index contributed by atoms with van der Waals surface area (Å²) in [6.07, 6.45) is 3.38. The van der Waals surface area contributed by atoms with Crippen LogP contribution in [0.25, 0.3) is 0 Å². The van der Waals surface area contributed by atoms with Crippen LogP contribution in [0.2, 0.25) is 0 Å². The number of guanidine groups is 1. The molecule has 2 unspecified atom stereocenters. The molecule has 1 aromatic rings. The highest BCUT2D eigenvalue weighted by Gasteiger charge is 2.49. The molecule has 1 aliphatic carbocycles. The minimum absolute atomic E-state index is 0.0286. The Labute approximate surface area is 115 Å².